The van der Waals surface area contributed by atoms with E-state index in [2.05, 4.69) is 5.32 Å². The normalized spacial score (nSPS) is 15.7. The van der Waals surface area contributed by atoms with E-state index in [4.69, 9.17) is 9.47 Å². The fraction of sp³-hybridized carbons (Fsp3) is 0.296. The topological polar surface area (TPSA) is 71.0 Å². The monoisotopic (exact) mass is 518 g/mol. The zero-order chi connectivity index (χ0) is 26.5. The van der Waals surface area contributed by atoms with Crippen molar-refractivity contribution in [1.29, 1.82) is 0 Å². The second-order valence-corrected chi connectivity index (χ2v) is 8.67. The Morgan fingerprint density at radius 1 is 1.03 bits per heavy atom. The number of benzene rings is 3. The number of anilines is 1. The smallest absolute Gasteiger partial charge is 0.346 e. The predicted octanol–water partition coefficient (Wildman–Crippen LogP) is 5.07. The molecule has 0 aliphatic carbocycles. The lowest BCUT2D eigenvalue weighted by Crippen LogP contribution is -2.52. The minimum absolute atomic E-state index is 0.0937. The lowest BCUT2D eigenvalue weighted by atomic mass is 10.0. The summed E-state index contributed by atoms with van der Waals surface area (Å²) in [6, 6.07) is 11.2. The van der Waals surface area contributed by atoms with Crippen LogP contribution < -0.4 is 10.1 Å². The van der Waals surface area contributed by atoms with Crippen LogP contribution in [-0.4, -0.2) is 54.4 Å². The van der Waals surface area contributed by atoms with Gasteiger partial charge in [-0.3, -0.25) is 4.90 Å². The molecule has 1 saturated heterocycles. The summed E-state index contributed by atoms with van der Waals surface area (Å²) in [5.41, 5.74) is 0.549. The standard InChI is InChI=1S/C27H26F4N2O4/c1-16(33-9-11-36-12-10-33)26(27(34)35)37-23-8-7-22(30)25(24(23)31)32-15-19-13-18(5-6-21(19)29)17-3-2-4-20(28)14-17/h2-8,13-14,16,26,32H,9-12,15H2,1H3,(H,34,35). The third-order valence-electron chi connectivity index (χ3n) is 6.27. The molecule has 2 atom stereocenters. The van der Waals surface area contributed by atoms with Crippen LogP contribution in [0.3, 0.4) is 0 Å². The lowest BCUT2D eigenvalue weighted by molar-refractivity contribution is -0.149. The van der Waals surface area contributed by atoms with Crippen LogP contribution in [0.1, 0.15) is 12.5 Å². The first-order valence-electron chi connectivity index (χ1n) is 11.7. The highest BCUT2D eigenvalue weighted by molar-refractivity contribution is 5.74. The van der Waals surface area contributed by atoms with Crippen molar-refractivity contribution in [2.75, 3.05) is 31.6 Å². The van der Waals surface area contributed by atoms with Gasteiger partial charge in [0.15, 0.2) is 11.6 Å². The highest BCUT2D eigenvalue weighted by Gasteiger charge is 2.33. The van der Waals surface area contributed by atoms with Gasteiger partial charge in [0.25, 0.3) is 0 Å². The summed E-state index contributed by atoms with van der Waals surface area (Å²) in [5, 5.41) is 12.3. The van der Waals surface area contributed by atoms with Gasteiger partial charge in [0.1, 0.15) is 23.1 Å². The minimum atomic E-state index is -1.42. The summed E-state index contributed by atoms with van der Waals surface area (Å²) in [7, 11) is 0. The first kappa shape index (κ1) is 26.4. The molecule has 1 heterocycles. The van der Waals surface area contributed by atoms with Gasteiger partial charge in [-0.2, -0.15) is 0 Å². The van der Waals surface area contributed by atoms with Crippen LogP contribution in [0.25, 0.3) is 11.1 Å². The van der Waals surface area contributed by atoms with Gasteiger partial charge in [-0.15, -0.1) is 0 Å². The van der Waals surface area contributed by atoms with E-state index in [0.29, 0.717) is 37.4 Å². The van der Waals surface area contributed by atoms with Gasteiger partial charge < -0.3 is 19.9 Å². The Bertz CT molecular complexity index is 1270. The summed E-state index contributed by atoms with van der Waals surface area (Å²) in [4.78, 5) is 13.8. The van der Waals surface area contributed by atoms with E-state index < -0.39 is 52.8 Å². The number of morpholine rings is 1. The third kappa shape index (κ3) is 6.20. The molecule has 1 aliphatic rings. The summed E-state index contributed by atoms with van der Waals surface area (Å²) < 4.78 is 68.7. The second kappa shape index (κ2) is 11.6. The first-order valence-corrected chi connectivity index (χ1v) is 11.7. The van der Waals surface area contributed by atoms with E-state index in [1.54, 1.807) is 13.0 Å². The van der Waals surface area contributed by atoms with Crippen LogP contribution in [0.4, 0.5) is 23.2 Å². The van der Waals surface area contributed by atoms with Crippen molar-refractivity contribution in [2.24, 2.45) is 0 Å². The van der Waals surface area contributed by atoms with Crippen LogP contribution in [0.5, 0.6) is 5.75 Å². The Morgan fingerprint density at radius 3 is 2.43 bits per heavy atom. The quantitative estimate of drug-likeness (QED) is 0.386. The molecule has 2 unspecified atom stereocenters. The fourth-order valence-electron chi connectivity index (χ4n) is 4.20. The van der Waals surface area contributed by atoms with Crippen molar-refractivity contribution in [2.45, 2.75) is 25.6 Å². The average Bonchev–Trinajstić information content (AvgIpc) is 2.89. The molecule has 0 saturated carbocycles. The summed E-state index contributed by atoms with van der Waals surface area (Å²) in [6.07, 6.45) is -1.42. The van der Waals surface area contributed by atoms with Crippen LogP contribution in [0.2, 0.25) is 0 Å². The number of hydrogen-bond acceptors (Lipinski definition) is 5. The molecule has 1 aliphatic heterocycles. The molecular formula is C27H26F4N2O4. The lowest BCUT2D eigenvalue weighted by Gasteiger charge is -2.35. The number of carboxylic acid groups (broad SMARTS) is 1. The fourth-order valence-corrected chi connectivity index (χ4v) is 4.20. The third-order valence-corrected chi connectivity index (χ3v) is 6.27. The number of carboxylic acids is 1. The van der Waals surface area contributed by atoms with E-state index in [-0.39, 0.29) is 12.1 Å². The van der Waals surface area contributed by atoms with Crippen LogP contribution >= 0.6 is 0 Å². The van der Waals surface area contributed by atoms with Crippen molar-refractivity contribution in [1.82, 2.24) is 4.90 Å². The van der Waals surface area contributed by atoms with Gasteiger partial charge in [0, 0.05) is 25.2 Å². The molecule has 1 fully saturated rings. The summed E-state index contributed by atoms with van der Waals surface area (Å²) in [6.45, 7) is 3.22. The van der Waals surface area contributed by atoms with E-state index in [0.717, 1.165) is 12.1 Å². The molecule has 37 heavy (non-hydrogen) atoms. The van der Waals surface area contributed by atoms with Crippen molar-refractivity contribution >= 4 is 11.7 Å². The molecule has 0 spiro atoms. The molecule has 0 aromatic heterocycles. The number of aliphatic carboxylic acids is 1. The molecule has 3 aromatic carbocycles. The Balaban J connectivity index is 1.54. The molecule has 6 nitrogen and oxygen atoms in total. The van der Waals surface area contributed by atoms with Gasteiger partial charge in [-0.05, 0) is 54.4 Å². The molecule has 0 bridgehead atoms. The van der Waals surface area contributed by atoms with E-state index in [1.165, 1.54) is 36.4 Å². The van der Waals surface area contributed by atoms with Crippen LogP contribution in [-0.2, 0) is 16.1 Å². The number of carbonyl (C=O) groups is 1. The maximum absolute atomic E-state index is 15.3. The highest BCUT2D eigenvalue weighted by atomic mass is 19.1. The molecule has 4 rings (SSSR count). The Labute approximate surface area is 211 Å². The molecule has 10 heteroatoms. The van der Waals surface area contributed by atoms with E-state index in [1.807, 2.05) is 4.90 Å². The summed E-state index contributed by atoms with van der Waals surface area (Å²) >= 11 is 0. The molecule has 0 radical (unpaired) electrons. The van der Waals surface area contributed by atoms with E-state index >= 15 is 4.39 Å². The average molecular weight is 519 g/mol. The van der Waals surface area contributed by atoms with E-state index in [9.17, 15) is 23.1 Å². The van der Waals surface area contributed by atoms with Crippen LogP contribution in [0, 0.1) is 23.3 Å². The van der Waals surface area contributed by atoms with Gasteiger partial charge in [-0.1, -0.05) is 18.2 Å². The maximum Gasteiger partial charge on any atom is 0.346 e. The second-order valence-electron chi connectivity index (χ2n) is 8.67. The largest absolute Gasteiger partial charge is 0.478 e. The zero-order valence-corrected chi connectivity index (χ0v) is 20.0. The number of ether oxygens (including phenoxy) is 2. The Morgan fingerprint density at radius 2 is 1.73 bits per heavy atom. The van der Waals surface area contributed by atoms with Crippen molar-refractivity contribution in [3.8, 4) is 16.9 Å². The van der Waals surface area contributed by atoms with Gasteiger partial charge in [0.2, 0.25) is 6.10 Å². The molecule has 196 valence electrons. The number of nitrogens with zero attached hydrogens (tertiary/aromatic N) is 1. The highest BCUT2D eigenvalue weighted by Crippen LogP contribution is 2.30. The molecular weight excluding hydrogens is 492 g/mol. The molecule has 3 aromatic rings. The van der Waals surface area contributed by atoms with Crippen LogP contribution in [0.15, 0.2) is 54.6 Å². The van der Waals surface area contributed by atoms with Gasteiger partial charge in [-0.25, -0.2) is 22.4 Å². The van der Waals surface area contributed by atoms with Crippen molar-refractivity contribution in [3.05, 3.63) is 83.4 Å². The Hall–Kier alpha value is -3.63. The predicted molar refractivity (Wildman–Crippen MR) is 129 cm³/mol. The zero-order valence-electron chi connectivity index (χ0n) is 20.0. The summed E-state index contributed by atoms with van der Waals surface area (Å²) in [5.74, 6) is -4.92. The molecule has 2 N–H and O–H groups in total. The Kier molecular flexibility index (Phi) is 8.30. The van der Waals surface area contributed by atoms with Gasteiger partial charge >= 0.3 is 5.97 Å². The first-order chi connectivity index (χ1) is 17.7. The number of hydrogen-bond donors (Lipinski definition) is 2. The molecule has 0 amide bonds. The van der Waals surface area contributed by atoms with Gasteiger partial charge in [0.05, 0.1) is 19.3 Å². The number of halogens is 4. The van der Waals surface area contributed by atoms with Crippen molar-refractivity contribution in [3.63, 3.8) is 0 Å². The number of rotatable bonds is 9. The number of nitrogens with one attached hydrogen (secondary N) is 1. The van der Waals surface area contributed by atoms with Crippen molar-refractivity contribution < 1.29 is 36.9 Å². The minimum Gasteiger partial charge on any atom is -0.478 e. The maximum atomic E-state index is 15.3. The SMILES string of the molecule is CC(C(Oc1ccc(F)c(NCc2cc(-c3cccc(F)c3)ccc2F)c1F)C(=O)O)N1CCOCC1.